The van der Waals surface area contributed by atoms with Gasteiger partial charge >= 0.3 is 0 Å². The van der Waals surface area contributed by atoms with Crippen LogP contribution in [0.5, 0.6) is 0 Å². The molecule has 120 valence electrons. The van der Waals surface area contributed by atoms with E-state index in [1.54, 1.807) is 0 Å². The lowest BCUT2D eigenvalue weighted by atomic mass is 10.0. The van der Waals surface area contributed by atoms with Crippen LogP contribution < -0.4 is 11.1 Å². The van der Waals surface area contributed by atoms with E-state index in [2.05, 4.69) is 50.4 Å². The van der Waals surface area contributed by atoms with Crippen LogP contribution in [0.2, 0.25) is 0 Å². The standard InChI is InChI=1S/C18H20BrN3O/c19-15-6-7-17-14(9-15)11-22(12-18(20)23)16(10-21-17)8-13-4-2-1-3-5-13/h1-7,9,16,21H,8,10-12H2,(H2,20,23). The van der Waals surface area contributed by atoms with Crippen molar-refractivity contribution < 1.29 is 4.79 Å². The molecule has 0 fully saturated rings. The van der Waals surface area contributed by atoms with Crippen molar-refractivity contribution in [2.45, 2.75) is 19.0 Å². The van der Waals surface area contributed by atoms with E-state index in [9.17, 15) is 4.79 Å². The zero-order chi connectivity index (χ0) is 16.2. The number of nitrogens with one attached hydrogen (secondary N) is 1. The summed E-state index contributed by atoms with van der Waals surface area (Å²) >= 11 is 3.52. The van der Waals surface area contributed by atoms with Crippen LogP contribution in [0.25, 0.3) is 0 Å². The smallest absolute Gasteiger partial charge is 0.231 e. The van der Waals surface area contributed by atoms with Gasteiger partial charge in [0.25, 0.3) is 0 Å². The first-order valence-electron chi connectivity index (χ1n) is 7.70. The molecule has 0 spiro atoms. The van der Waals surface area contributed by atoms with Crippen LogP contribution in [0, 0.1) is 0 Å². The second kappa shape index (κ2) is 7.15. The van der Waals surface area contributed by atoms with Gasteiger partial charge in [0, 0.05) is 29.3 Å². The van der Waals surface area contributed by atoms with Crippen LogP contribution in [-0.2, 0) is 17.8 Å². The highest BCUT2D eigenvalue weighted by atomic mass is 79.9. The molecule has 4 nitrogen and oxygen atoms in total. The van der Waals surface area contributed by atoms with E-state index < -0.39 is 0 Å². The van der Waals surface area contributed by atoms with Crippen molar-refractivity contribution in [2.75, 3.05) is 18.4 Å². The normalized spacial score (nSPS) is 17.9. The molecule has 1 heterocycles. The maximum Gasteiger partial charge on any atom is 0.231 e. The van der Waals surface area contributed by atoms with Gasteiger partial charge in [-0.3, -0.25) is 9.69 Å². The van der Waals surface area contributed by atoms with E-state index >= 15 is 0 Å². The summed E-state index contributed by atoms with van der Waals surface area (Å²) in [6, 6.07) is 16.8. The molecule has 0 saturated carbocycles. The number of primary amides is 1. The largest absolute Gasteiger partial charge is 0.383 e. The van der Waals surface area contributed by atoms with Gasteiger partial charge in [0.15, 0.2) is 0 Å². The van der Waals surface area contributed by atoms with Crippen molar-refractivity contribution in [3.8, 4) is 0 Å². The number of halogens is 1. The van der Waals surface area contributed by atoms with Crippen LogP contribution in [0.1, 0.15) is 11.1 Å². The van der Waals surface area contributed by atoms with Crippen LogP contribution >= 0.6 is 15.9 Å². The molecule has 0 saturated heterocycles. The van der Waals surface area contributed by atoms with Gasteiger partial charge in [-0.1, -0.05) is 46.3 Å². The first-order chi connectivity index (χ1) is 11.1. The van der Waals surface area contributed by atoms with Crippen molar-refractivity contribution in [2.24, 2.45) is 5.73 Å². The fourth-order valence-electron chi connectivity index (χ4n) is 3.04. The summed E-state index contributed by atoms with van der Waals surface area (Å²) in [5.74, 6) is -0.290. The Morgan fingerprint density at radius 1 is 1.26 bits per heavy atom. The number of carbonyl (C=O) groups is 1. The SMILES string of the molecule is NC(=O)CN1Cc2cc(Br)ccc2NCC1Cc1ccccc1. The Balaban J connectivity index is 1.85. The summed E-state index contributed by atoms with van der Waals surface area (Å²) in [5, 5.41) is 3.51. The summed E-state index contributed by atoms with van der Waals surface area (Å²) in [6.07, 6.45) is 0.885. The third-order valence-corrected chi connectivity index (χ3v) is 4.65. The fourth-order valence-corrected chi connectivity index (χ4v) is 3.45. The fraction of sp³-hybridized carbons (Fsp3) is 0.278. The average molecular weight is 374 g/mol. The highest BCUT2D eigenvalue weighted by molar-refractivity contribution is 9.10. The number of rotatable bonds is 4. The minimum Gasteiger partial charge on any atom is -0.383 e. The predicted molar refractivity (Wildman–Crippen MR) is 96.2 cm³/mol. The first kappa shape index (κ1) is 16.0. The molecule has 2 aromatic carbocycles. The molecule has 5 heteroatoms. The molecule has 23 heavy (non-hydrogen) atoms. The Bertz CT molecular complexity index is 690. The molecule has 3 rings (SSSR count). The van der Waals surface area contributed by atoms with Crippen LogP contribution in [0.4, 0.5) is 5.69 Å². The molecule has 1 unspecified atom stereocenters. The minimum absolute atomic E-state index is 0.219. The third-order valence-electron chi connectivity index (χ3n) is 4.16. The molecule has 0 radical (unpaired) electrons. The number of fused-ring (bicyclic) bond motifs is 1. The molecule has 0 aliphatic carbocycles. The number of carbonyl (C=O) groups excluding carboxylic acids is 1. The van der Waals surface area contributed by atoms with E-state index in [1.165, 1.54) is 11.1 Å². The summed E-state index contributed by atoms with van der Waals surface area (Å²) in [7, 11) is 0. The van der Waals surface area contributed by atoms with Crippen molar-refractivity contribution in [3.63, 3.8) is 0 Å². The quantitative estimate of drug-likeness (QED) is 0.865. The number of anilines is 1. The first-order valence-corrected chi connectivity index (χ1v) is 8.49. The molecular weight excluding hydrogens is 354 g/mol. The Morgan fingerprint density at radius 3 is 2.78 bits per heavy atom. The summed E-state index contributed by atoms with van der Waals surface area (Å²) in [4.78, 5) is 13.7. The number of nitrogens with zero attached hydrogens (tertiary/aromatic N) is 1. The molecule has 2 aromatic rings. The van der Waals surface area contributed by atoms with Crippen molar-refractivity contribution in [3.05, 3.63) is 64.1 Å². The van der Waals surface area contributed by atoms with Gasteiger partial charge in [0.1, 0.15) is 0 Å². The molecule has 1 amide bonds. The summed E-state index contributed by atoms with van der Waals surface area (Å²) in [6.45, 7) is 1.77. The van der Waals surface area contributed by atoms with E-state index in [1.807, 2.05) is 24.3 Å². The lowest BCUT2D eigenvalue weighted by molar-refractivity contribution is -0.119. The summed E-state index contributed by atoms with van der Waals surface area (Å²) in [5.41, 5.74) is 9.03. The van der Waals surface area contributed by atoms with E-state index in [-0.39, 0.29) is 18.5 Å². The van der Waals surface area contributed by atoms with Gasteiger partial charge in [0.05, 0.1) is 6.54 Å². The molecule has 0 aromatic heterocycles. The zero-order valence-corrected chi connectivity index (χ0v) is 14.4. The number of hydrogen-bond donors (Lipinski definition) is 2. The number of benzene rings is 2. The minimum atomic E-state index is -0.290. The number of amides is 1. The predicted octanol–water partition coefficient (Wildman–Crippen LogP) is 2.77. The number of hydrogen-bond acceptors (Lipinski definition) is 3. The summed E-state index contributed by atoms with van der Waals surface area (Å²) < 4.78 is 1.04. The second-order valence-corrected chi connectivity index (χ2v) is 6.81. The highest BCUT2D eigenvalue weighted by Gasteiger charge is 2.25. The molecular formula is C18H20BrN3O. The van der Waals surface area contributed by atoms with Gasteiger partial charge in [-0.15, -0.1) is 0 Å². The maximum absolute atomic E-state index is 11.5. The Hall–Kier alpha value is -1.85. The van der Waals surface area contributed by atoms with Crippen molar-refractivity contribution >= 4 is 27.5 Å². The lowest BCUT2D eigenvalue weighted by Crippen LogP contribution is -2.44. The molecule has 1 atom stereocenters. The Morgan fingerprint density at radius 2 is 2.04 bits per heavy atom. The van der Waals surface area contributed by atoms with Gasteiger partial charge in [0.2, 0.25) is 5.91 Å². The van der Waals surface area contributed by atoms with E-state index in [4.69, 9.17) is 5.73 Å². The molecule has 3 N–H and O–H groups in total. The average Bonchev–Trinajstić information content (AvgIpc) is 2.67. The second-order valence-electron chi connectivity index (χ2n) is 5.90. The molecule has 0 bridgehead atoms. The van der Waals surface area contributed by atoms with Crippen molar-refractivity contribution in [1.29, 1.82) is 0 Å². The van der Waals surface area contributed by atoms with E-state index in [0.29, 0.717) is 6.54 Å². The van der Waals surface area contributed by atoms with Crippen LogP contribution in [0.15, 0.2) is 53.0 Å². The number of nitrogens with two attached hydrogens (primary N) is 1. The highest BCUT2D eigenvalue weighted by Crippen LogP contribution is 2.26. The lowest BCUT2D eigenvalue weighted by Gasteiger charge is -2.28. The Labute approximate surface area is 144 Å². The monoisotopic (exact) mass is 373 g/mol. The van der Waals surface area contributed by atoms with Crippen LogP contribution in [0.3, 0.4) is 0 Å². The zero-order valence-electron chi connectivity index (χ0n) is 12.8. The Kier molecular flexibility index (Phi) is 4.98. The maximum atomic E-state index is 11.5. The van der Waals surface area contributed by atoms with Gasteiger partial charge in [-0.05, 0) is 35.7 Å². The van der Waals surface area contributed by atoms with Gasteiger partial charge in [-0.2, -0.15) is 0 Å². The van der Waals surface area contributed by atoms with E-state index in [0.717, 1.165) is 23.1 Å². The van der Waals surface area contributed by atoms with Crippen LogP contribution in [-0.4, -0.2) is 29.9 Å². The van der Waals surface area contributed by atoms with Crippen molar-refractivity contribution in [1.82, 2.24) is 4.90 Å². The molecule has 1 aliphatic heterocycles. The van der Waals surface area contributed by atoms with Gasteiger partial charge in [-0.25, -0.2) is 0 Å². The topological polar surface area (TPSA) is 58.4 Å². The van der Waals surface area contributed by atoms with Gasteiger partial charge < -0.3 is 11.1 Å². The third kappa shape index (κ3) is 4.12. The molecule has 1 aliphatic rings.